The van der Waals surface area contributed by atoms with E-state index in [4.69, 9.17) is 0 Å². The molecule has 1 aromatic carbocycles. The van der Waals surface area contributed by atoms with Crippen molar-refractivity contribution in [1.82, 2.24) is 0 Å². The topological polar surface area (TPSA) is 12.0 Å². The number of rotatable bonds is 4. The number of unbranched alkanes of at least 4 members (excludes halogenated alkanes) is 1. The molecular weight excluding hydrogens is 239 g/mol. The third-order valence-electron chi connectivity index (χ3n) is 2.40. The molecule has 0 aromatic heterocycles. The van der Waals surface area contributed by atoms with Gasteiger partial charge in [0.1, 0.15) is 0 Å². The first-order valence-corrected chi connectivity index (χ1v) is 5.37. The Morgan fingerprint density at radius 1 is 1.17 bits per heavy atom. The Bertz CT molecular complexity index is 345. The highest BCUT2D eigenvalue weighted by Gasteiger charge is 2.30. The molecule has 1 rings (SSSR count). The van der Waals surface area contributed by atoms with E-state index in [0.717, 1.165) is 31.1 Å². The summed E-state index contributed by atoms with van der Waals surface area (Å²) >= 11 is 0. The summed E-state index contributed by atoms with van der Waals surface area (Å²) in [6.07, 6.45) is -2.18. The highest BCUT2D eigenvalue weighted by Crippen LogP contribution is 2.31. The van der Waals surface area contributed by atoms with E-state index in [9.17, 15) is 13.2 Å². The van der Waals surface area contributed by atoms with Gasteiger partial charge in [0, 0.05) is 12.2 Å². The molecule has 0 aliphatic carbocycles. The summed E-state index contributed by atoms with van der Waals surface area (Å²) in [5, 5.41) is 3.13. The molecule has 0 unspecified atom stereocenters. The van der Waals surface area contributed by atoms with Crippen LogP contribution in [0.4, 0.5) is 18.9 Å². The summed E-state index contributed by atoms with van der Waals surface area (Å²) in [7, 11) is 0. The van der Waals surface area contributed by atoms with Crippen molar-refractivity contribution >= 4 is 5.69 Å². The Hall–Kier alpha value is -1.19. The lowest BCUT2D eigenvalue weighted by molar-refractivity contribution is -0.137. The van der Waals surface area contributed by atoms with Crippen LogP contribution in [0, 0.1) is 6.92 Å². The maximum Gasteiger partial charge on any atom is 0.416 e. The molecule has 4 heteroatoms. The second-order valence-electron chi connectivity index (χ2n) is 3.81. The third kappa shape index (κ3) is 5.43. The molecule has 0 radical (unpaired) electrons. The number of alkyl halides is 3. The second-order valence-corrected chi connectivity index (χ2v) is 3.81. The van der Waals surface area contributed by atoms with Crippen molar-refractivity contribution in [3.8, 4) is 0 Å². The van der Waals surface area contributed by atoms with E-state index in [2.05, 4.69) is 12.2 Å². The molecule has 0 aliphatic heterocycles. The Morgan fingerprint density at radius 3 is 2.22 bits per heavy atom. The van der Waals surface area contributed by atoms with E-state index < -0.39 is 11.7 Å². The van der Waals surface area contributed by atoms with Crippen LogP contribution < -0.4 is 5.32 Å². The fourth-order valence-electron chi connectivity index (χ4n) is 1.44. The number of aryl methyl sites for hydroxylation is 1. The molecule has 1 N–H and O–H groups in total. The van der Waals surface area contributed by atoms with Crippen LogP contribution in [0.3, 0.4) is 0 Å². The lowest BCUT2D eigenvalue weighted by Gasteiger charge is -2.12. The van der Waals surface area contributed by atoms with Gasteiger partial charge in [-0.1, -0.05) is 28.2 Å². The number of benzene rings is 1. The SMILES string of the molecule is C.C.CCCCNc1ccc(C(F)(F)F)cc1C. The molecule has 0 aliphatic rings. The molecular formula is C14H24F3N. The van der Waals surface area contributed by atoms with Crippen LogP contribution in [0.1, 0.15) is 45.7 Å². The first kappa shape index (κ1) is 19.2. The summed E-state index contributed by atoms with van der Waals surface area (Å²) in [6.45, 7) is 4.55. The van der Waals surface area contributed by atoms with Crippen molar-refractivity contribution in [3.63, 3.8) is 0 Å². The molecule has 0 atom stereocenters. The number of anilines is 1. The average Bonchev–Trinajstić information content (AvgIpc) is 2.19. The van der Waals surface area contributed by atoms with Gasteiger partial charge in [-0.3, -0.25) is 0 Å². The Labute approximate surface area is 108 Å². The minimum absolute atomic E-state index is 0. The van der Waals surface area contributed by atoms with Gasteiger partial charge in [-0.2, -0.15) is 13.2 Å². The van der Waals surface area contributed by atoms with Gasteiger partial charge in [-0.05, 0) is 37.1 Å². The molecule has 0 saturated heterocycles. The molecule has 0 fully saturated rings. The maximum atomic E-state index is 12.4. The van der Waals surface area contributed by atoms with Gasteiger partial charge in [0.05, 0.1) is 5.56 Å². The zero-order chi connectivity index (χ0) is 12.2. The zero-order valence-corrected chi connectivity index (χ0v) is 9.49. The standard InChI is InChI=1S/C12H16F3N.2CH4/c1-3-4-7-16-11-6-5-10(8-9(11)2)12(13,14)15;;/h5-6,8,16H,3-4,7H2,1-2H3;2*1H4. The molecule has 0 bridgehead atoms. The van der Waals surface area contributed by atoms with Gasteiger partial charge in [-0.25, -0.2) is 0 Å². The summed E-state index contributed by atoms with van der Waals surface area (Å²) in [6, 6.07) is 3.78. The quantitative estimate of drug-likeness (QED) is 0.707. The van der Waals surface area contributed by atoms with E-state index in [0.29, 0.717) is 5.56 Å². The molecule has 1 aromatic rings. The number of halogens is 3. The average molecular weight is 263 g/mol. The van der Waals surface area contributed by atoms with Crippen LogP contribution in [-0.2, 0) is 6.18 Å². The maximum absolute atomic E-state index is 12.4. The third-order valence-corrected chi connectivity index (χ3v) is 2.40. The van der Waals surface area contributed by atoms with E-state index >= 15 is 0 Å². The fourth-order valence-corrected chi connectivity index (χ4v) is 1.44. The largest absolute Gasteiger partial charge is 0.416 e. The Balaban J connectivity index is 0. The minimum atomic E-state index is -4.26. The van der Waals surface area contributed by atoms with Crippen LogP contribution in [0.2, 0.25) is 0 Å². The van der Waals surface area contributed by atoms with Gasteiger partial charge in [0.25, 0.3) is 0 Å². The van der Waals surface area contributed by atoms with Gasteiger partial charge >= 0.3 is 6.18 Å². The molecule has 1 nitrogen and oxygen atoms in total. The van der Waals surface area contributed by atoms with Crippen LogP contribution in [0.15, 0.2) is 18.2 Å². The van der Waals surface area contributed by atoms with Gasteiger partial charge < -0.3 is 5.32 Å². The predicted molar refractivity (Wildman–Crippen MR) is 73.0 cm³/mol. The van der Waals surface area contributed by atoms with E-state index in [1.165, 1.54) is 12.1 Å². The van der Waals surface area contributed by atoms with Gasteiger partial charge in [0.2, 0.25) is 0 Å². The monoisotopic (exact) mass is 263 g/mol. The molecule has 106 valence electrons. The normalized spacial score (nSPS) is 10.3. The van der Waals surface area contributed by atoms with E-state index in [-0.39, 0.29) is 14.9 Å². The smallest absolute Gasteiger partial charge is 0.385 e. The number of hydrogen-bond acceptors (Lipinski definition) is 1. The van der Waals surface area contributed by atoms with Crippen LogP contribution in [0.25, 0.3) is 0 Å². The zero-order valence-electron chi connectivity index (χ0n) is 9.49. The van der Waals surface area contributed by atoms with E-state index in [1.807, 2.05) is 0 Å². The first-order chi connectivity index (χ1) is 7.45. The summed E-state index contributed by atoms with van der Waals surface area (Å²) < 4.78 is 37.2. The predicted octanol–water partition coefficient (Wildman–Crippen LogP) is 5.50. The molecule has 0 heterocycles. The lowest BCUT2D eigenvalue weighted by Crippen LogP contribution is -2.07. The molecule has 0 amide bonds. The Morgan fingerprint density at radius 2 is 1.78 bits per heavy atom. The van der Waals surface area contributed by atoms with Gasteiger partial charge in [0.15, 0.2) is 0 Å². The molecule has 18 heavy (non-hydrogen) atoms. The molecule has 0 saturated carbocycles. The van der Waals surface area contributed by atoms with E-state index in [1.54, 1.807) is 6.92 Å². The van der Waals surface area contributed by atoms with Crippen LogP contribution in [-0.4, -0.2) is 6.54 Å². The summed E-state index contributed by atoms with van der Waals surface area (Å²) in [5.74, 6) is 0. The summed E-state index contributed by atoms with van der Waals surface area (Å²) in [5.41, 5.74) is 0.818. The van der Waals surface area contributed by atoms with Crippen LogP contribution >= 0.6 is 0 Å². The minimum Gasteiger partial charge on any atom is -0.385 e. The van der Waals surface area contributed by atoms with Crippen LogP contribution in [0.5, 0.6) is 0 Å². The fraction of sp³-hybridized carbons (Fsp3) is 0.571. The lowest BCUT2D eigenvalue weighted by atomic mass is 10.1. The highest BCUT2D eigenvalue weighted by molar-refractivity contribution is 5.52. The van der Waals surface area contributed by atoms with Crippen molar-refractivity contribution < 1.29 is 13.2 Å². The molecule has 0 spiro atoms. The summed E-state index contributed by atoms with van der Waals surface area (Å²) in [4.78, 5) is 0. The first-order valence-electron chi connectivity index (χ1n) is 5.37. The van der Waals surface area contributed by atoms with Crippen molar-refractivity contribution in [2.24, 2.45) is 0 Å². The second kappa shape index (κ2) is 8.01. The van der Waals surface area contributed by atoms with Crippen molar-refractivity contribution in [1.29, 1.82) is 0 Å². The Kier molecular flexibility index (Phi) is 8.52. The van der Waals surface area contributed by atoms with Crippen molar-refractivity contribution in [2.45, 2.75) is 47.7 Å². The number of nitrogens with one attached hydrogen (secondary N) is 1. The number of hydrogen-bond donors (Lipinski definition) is 1. The highest BCUT2D eigenvalue weighted by atomic mass is 19.4. The van der Waals surface area contributed by atoms with Gasteiger partial charge in [-0.15, -0.1) is 0 Å². The van der Waals surface area contributed by atoms with Crippen molar-refractivity contribution in [3.05, 3.63) is 29.3 Å². The van der Waals surface area contributed by atoms with Crippen molar-refractivity contribution in [2.75, 3.05) is 11.9 Å².